The number of ether oxygens (including phenoxy) is 2. The number of fused-ring (bicyclic) bond motifs is 1. The first-order chi connectivity index (χ1) is 13.0. The Hall–Kier alpha value is -2.92. The zero-order valence-corrected chi connectivity index (χ0v) is 15.7. The maximum atomic E-state index is 12.3. The summed E-state index contributed by atoms with van der Waals surface area (Å²) in [5.41, 5.74) is 1.17. The average Bonchev–Trinajstić information content (AvgIpc) is 2.68. The molecule has 5 nitrogen and oxygen atoms in total. The number of rotatable bonds is 6. The number of nitrogens with zero attached hydrogens (tertiary/aromatic N) is 1. The largest absolute Gasteiger partial charge is 0.494 e. The first-order valence-electron chi connectivity index (χ1n) is 8.52. The molecule has 0 spiro atoms. The van der Waals surface area contributed by atoms with E-state index in [-0.39, 0.29) is 11.5 Å². The Bertz CT molecular complexity index is 1000. The summed E-state index contributed by atoms with van der Waals surface area (Å²) in [6, 6.07) is 13.4. The van der Waals surface area contributed by atoms with E-state index in [1.807, 2.05) is 13.0 Å². The molecule has 0 fully saturated rings. The van der Waals surface area contributed by atoms with Gasteiger partial charge in [0.2, 0.25) is 0 Å². The van der Waals surface area contributed by atoms with Gasteiger partial charge in [-0.15, -0.1) is 0 Å². The summed E-state index contributed by atoms with van der Waals surface area (Å²) in [4.78, 5) is 28.9. The van der Waals surface area contributed by atoms with Crippen molar-refractivity contribution in [3.8, 4) is 11.5 Å². The van der Waals surface area contributed by atoms with E-state index in [2.05, 4.69) is 4.98 Å². The molecular formula is C21H18ClNO4. The van der Waals surface area contributed by atoms with Crippen LogP contribution in [-0.2, 0) is 0 Å². The molecule has 0 saturated heterocycles. The highest BCUT2D eigenvalue weighted by molar-refractivity contribution is 6.36. The van der Waals surface area contributed by atoms with Gasteiger partial charge in [-0.05, 0) is 30.7 Å². The van der Waals surface area contributed by atoms with Crippen molar-refractivity contribution in [2.45, 2.75) is 19.8 Å². The van der Waals surface area contributed by atoms with E-state index in [9.17, 15) is 9.59 Å². The third-order valence-electron chi connectivity index (χ3n) is 4.00. The van der Waals surface area contributed by atoms with E-state index in [0.717, 1.165) is 6.42 Å². The van der Waals surface area contributed by atoms with Crippen LogP contribution in [0.4, 0.5) is 0 Å². The van der Waals surface area contributed by atoms with Crippen molar-refractivity contribution in [1.82, 2.24) is 4.98 Å². The molecule has 0 bridgehead atoms. The minimum atomic E-state index is -0.490. The molecule has 0 aliphatic rings. The van der Waals surface area contributed by atoms with Gasteiger partial charge < -0.3 is 9.47 Å². The number of aromatic nitrogens is 1. The second-order valence-corrected chi connectivity index (χ2v) is 6.35. The Morgan fingerprint density at radius 2 is 1.85 bits per heavy atom. The van der Waals surface area contributed by atoms with E-state index in [4.69, 9.17) is 21.1 Å². The predicted octanol–water partition coefficient (Wildman–Crippen LogP) is 5.10. The van der Waals surface area contributed by atoms with E-state index < -0.39 is 5.97 Å². The van der Waals surface area contributed by atoms with Gasteiger partial charge in [0.1, 0.15) is 22.7 Å². The summed E-state index contributed by atoms with van der Waals surface area (Å²) in [5, 5.41) is 0.885. The summed E-state index contributed by atoms with van der Waals surface area (Å²) >= 11 is 6.37. The third kappa shape index (κ3) is 4.09. The lowest BCUT2D eigenvalue weighted by molar-refractivity contribution is 0.0734. The van der Waals surface area contributed by atoms with Crippen LogP contribution in [0.25, 0.3) is 10.9 Å². The molecule has 0 aliphatic heterocycles. The van der Waals surface area contributed by atoms with Crippen molar-refractivity contribution < 1.29 is 19.1 Å². The van der Waals surface area contributed by atoms with Gasteiger partial charge in [0.25, 0.3) is 0 Å². The molecule has 1 heterocycles. The van der Waals surface area contributed by atoms with Crippen molar-refractivity contribution in [1.29, 1.82) is 0 Å². The molecule has 0 saturated carbocycles. The first kappa shape index (κ1) is 18.9. The van der Waals surface area contributed by atoms with Crippen molar-refractivity contribution in [2.75, 3.05) is 7.11 Å². The smallest absolute Gasteiger partial charge is 0.343 e. The Morgan fingerprint density at radius 3 is 2.52 bits per heavy atom. The molecule has 0 N–H and O–H groups in total. The molecule has 138 valence electrons. The number of hydrogen-bond acceptors (Lipinski definition) is 5. The number of carbonyl (C=O) groups excluding carboxylic acids is 2. The lowest BCUT2D eigenvalue weighted by Crippen LogP contribution is -2.08. The maximum Gasteiger partial charge on any atom is 0.343 e. The molecule has 6 heteroatoms. The fourth-order valence-electron chi connectivity index (χ4n) is 2.68. The Labute approximate surface area is 161 Å². The van der Waals surface area contributed by atoms with Crippen molar-refractivity contribution in [2.24, 2.45) is 0 Å². The summed E-state index contributed by atoms with van der Waals surface area (Å²) in [5.74, 6) is 0.0831. The molecule has 0 amide bonds. The van der Waals surface area contributed by atoms with Crippen LogP contribution in [-0.4, -0.2) is 23.8 Å². The molecule has 0 aliphatic carbocycles. The number of carbonyl (C=O) groups is 2. The van der Waals surface area contributed by atoms with Gasteiger partial charge in [-0.1, -0.05) is 36.7 Å². The Balaban J connectivity index is 2.02. The summed E-state index contributed by atoms with van der Waals surface area (Å²) in [7, 11) is 1.48. The predicted molar refractivity (Wildman–Crippen MR) is 104 cm³/mol. The molecule has 0 radical (unpaired) electrons. The van der Waals surface area contributed by atoms with Crippen molar-refractivity contribution >= 4 is 34.3 Å². The molecule has 27 heavy (non-hydrogen) atoms. The molecular weight excluding hydrogens is 366 g/mol. The van der Waals surface area contributed by atoms with Gasteiger partial charge >= 0.3 is 5.97 Å². The Kier molecular flexibility index (Phi) is 5.72. The van der Waals surface area contributed by atoms with Gasteiger partial charge in [0.15, 0.2) is 5.78 Å². The van der Waals surface area contributed by atoms with Crippen molar-refractivity contribution in [3.05, 3.63) is 64.8 Å². The highest BCUT2D eigenvalue weighted by Crippen LogP contribution is 2.35. The quantitative estimate of drug-likeness (QED) is 0.336. The van der Waals surface area contributed by atoms with Gasteiger partial charge in [0, 0.05) is 17.9 Å². The first-order valence-corrected chi connectivity index (χ1v) is 8.90. The minimum Gasteiger partial charge on any atom is -0.494 e. The van der Waals surface area contributed by atoms with E-state index in [1.165, 1.54) is 13.2 Å². The molecule has 2 aromatic carbocycles. The standard InChI is InChI=1S/C21H18ClNO4/c1-3-7-18(24)17-12-16(22)15-10-14(11-19(26-2)20(15)23-17)27-21(25)13-8-5-4-6-9-13/h4-6,8-12H,3,7H2,1-2H3. The van der Waals surface area contributed by atoms with Crippen LogP contribution in [0.3, 0.4) is 0 Å². The second kappa shape index (κ2) is 8.18. The lowest BCUT2D eigenvalue weighted by Gasteiger charge is -2.11. The van der Waals surface area contributed by atoms with Gasteiger partial charge in [-0.25, -0.2) is 9.78 Å². The maximum absolute atomic E-state index is 12.3. The number of methoxy groups -OCH3 is 1. The zero-order chi connectivity index (χ0) is 19.4. The topological polar surface area (TPSA) is 65.5 Å². The SMILES string of the molecule is CCCC(=O)c1cc(Cl)c2cc(OC(=O)c3ccccc3)cc(OC)c2n1. The molecule has 0 unspecified atom stereocenters. The highest BCUT2D eigenvalue weighted by Gasteiger charge is 2.17. The number of halogens is 1. The van der Waals surface area contributed by atoms with Gasteiger partial charge in [0.05, 0.1) is 17.7 Å². The van der Waals surface area contributed by atoms with Gasteiger partial charge in [-0.2, -0.15) is 0 Å². The van der Waals surface area contributed by atoms with Crippen LogP contribution in [0.15, 0.2) is 48.5 Å². The van der Waals surface area contributed by atoms with E-state index in [1.54, 1.807) is 36.4 Å². The number of ketones is 1. The number of pyridine rings is 1. The zero-order valence-electron chi connectivity index (χ0n) is 15.0. The fraction of sp³-hybridized carbons (Fsp3) is 0.190. The Morgan fingerprint density at radius 1 is 1.11 bits per heavy atom. The monoisotopic (exact) mass is 383 g/mol. The van der Waals surface area contributed by atoms with Gasteiger partial charge in [-0.3, -0.25) is 4.79 Å². The third-order valence-corrected chi connectivity index (χ3v) is 4.32. The fourth-order valence-corrected chi connectivity index (χ4v) is 2.93. The summed E-state index contributed by atoms with van der Waals surface area (Å²) in [6.07, 6.45) is 1.12. The second-order valence-electron chi connectivity index (χ2n) is 5.94. The van der Waals surface area contributed by atoms with Crippen LogP contribution < -0.4 is 9.47 Å². The number of esters is 1. The number of Topliss-reactive ketones (excluding diaryl/α,β-unsaturated/α-hetero) is 1. The minimum absolute atomic E-state index is 0.0806. The molecule has 1 aromatic heterocycles. The van der Waals surface area contributed by atoms with Crippen LogP contribution in [0.2, 0.25) is 5.02 Å². The van der Waals surface area contributed by atoms with E-state index >= 15 is 0 Å². The van der Waals surface area contributed by atoms with Crippen LogP contribution in [0, 0.1) is 0 Å². The van der Waals surface area contributed by atoms with Crippen molar-refractivity contribution in [3.63, 3.8) is 0 Å². The van der Waals surface area contributed by atoms with Crippen LogP contribution >= 0.6 is 11.6 Å². The van der Waals surface area contributed by atoms with Crippen LogP contribution in [0.5, 0.6) is 11.5 Å². The molecule has 3 rings (SSSR count). The lowest BCUT2D eigenvalue weighted by atomic mass is 10.1. The van der Waals surface area contributed by atoms with E-state index in [0.29, 0.717) is 39.4 Å². The van der Waals surface area contributed by atoms with Crippen LogP contribution in [0.1, 0.15) is 40.6 Å². The number of benzene rings is 2. The molecule has 0 atom stereocenters. The number of hydrogen-bond donors (Lipinski definition) is 0. The summed E-state index contributed by atoms with van der Waals surface area (Å²) in [6.45, 7) is 1.93. The average molecular weight is 384 g/mol. The summed E-state index contributed by atoms with van der Waals surface area (Å²) < 4.78 is 10.8. The normalized spacial score (nSPS) is 10.6. The molecule has 3 aromatic rings. The highest BCUT2D eigenvalue weighted by atomic mass is 35.5.